The molecular formula is C11H12BrClFN. The van der Waals surface area contributed by atoms with Crippen LogP contribution < -0.4 is 0 Å². The molecule has 0 unspecified atom stereocenters. The molecule has 1 fully saturated rings. The molecule has 4 heteroatoms. The third-order valence-electron chi connectivity index (χ3n) is 2.68. The first-order valence-electron chi connectivity index (χ1n) is 4.92. The van der Waals surface area contributed by atoms with E-state index in [-0.39, 0.29) is 10.8 Å². The lowest BCUT2D eigenvalue weighted by molar-refractivity contribution is 0.108. The molecule has 0 saturated carbocycles. The first kappa shape index (κ1) is 11.4. The van der Waals surface area contributed by atoms with Crippen molar-refractivity contribution >= 4 is 27.5 Å². The largest absolute Gasteiger partial charge is 0.298 e. The fourth-order valence-corrected chi connectivity index (χ4v) is 2.41. The van der Waals surface area contributed by atoms with Crippen LogP contribution in [0, 0.1) is 11.7 Å². The van der Waals surface area contributed by atoms with E-state index in [4.69, 9.17) is 11.6 Å². The standard InChI is InChI=1S/C11H12BrClFN/c12-4-8-5-15(6-8)7-9-2-1-3-10(14)11(9)13/h1-3,8H,4-7H2. The number of hydrogen-bond donors (Lipinski definition) is 0. The van der Waals surface area contributed by atoms with Gasteiger partial charge in [0, 0.05) is 25.0 Å². The predicted octanol–water partition coefficient (Wildman–Crippen LogP) is 3.31. The molecular weight excluding hydrogens is 280 g/mol. The number of nitrogens with zero attached hydrogens (tertiary/aromatic N) is 1. The van der Waals surface area contributed by atoms with Crippen LogP contribution in [0.3, 0.4) is 0 Å². The third kappa shape index (κ3) is 2.52. The van der Waals surface area contributed by atoms with Crippen LogP contribution in [0.4, 0.5) is 4.39 Å². The second kappa shape index (κ2) is 4.81. The number of alkyl halides is 1. The monoisotopic (exact) mass is 291 g/mol. The van der Waals surface area contributed by atoms with Crippen molar-refractivity contribution in [2.45, 2.75) is 6.54 Å². The van der Waals surface area contributed by atoms with Crippen LogP contribution in [0.15, 0.2) is 18.2 Å². The van der Waals surface area contributed by atoms with Gasteiger partial charge < -0.3 is 0 Å². The van der Waals surface area contributed by atoms with E-state index in [0.29, 0.717) is 0 Å². The molecule has 15 heavy (non-hydrogen) atoms. The molecule has 82 valence electrons. The van der Waals surface area contributed by atoms with Gasteiger partial charge in [0.05, 0.1) is 5.02 Å². The van der Waals surface area contributed by atoms with Gasteiger partial charge in [0.1, 0.15) is 5.82 Å². The Kier molecular flexibility index (Phi) is 3.65. The third-order valence-corrected chi connectivity index (χ3v) is 4.02. The highest BCUT2D eigenvalue weighted by molar-refractivity contribution is 9.09. The molecule has 1 nitrogen and oxygen atoms in total. The van der Waals surface area contributed by atoms with Crippen molar-refractivity contribution in [1.82, 2.24) is 4.90 Å². The minimum absolute atomic E-state index is 0.264. The Morgan fingerprint density at radius 3 is 2.87 bits per heavy atom. The summed E-state index contributed by atoms with van der Waals surface area (Å²) in [6.07, 6.45) is 0. The van der Waals surface area contributed by atoms with Crippen LogP contribution in [0.1, 0.15) is 5.56 Å². The van der Waals surface area contributed by atoms with E-state index in [2.05, 4.69) is 20.8 Å². The average Bonchev–Trinajstić information content (AvgIpc) is 2.17. The minimum Gasteiger partial charge on any atom is -0.298 e. The van der Waals surface area contributed by atoms with Gasteiger partial charge in [0.15, 0.2) is 0 Å². The maximum Gasteiger partial charge on any atom is 0.142 e. The zero-order chi connectivity index (χ0) is 10.8. The van der Waals surface area contributed by atoms with Gasteiger partial charge in [-0.1, -0.05) is 39.7 Å². The first-order chi connectivity index (χ1) is 7.20. The molecule has 0 N–H and O–H groups in total. The number of likely N-dealkylation sites (tertiary alicyclic amines) is 1. The Hall–Kier alpha value is -0.120. The summed E-state index contributed by atoms with van der Waals surface area (Å²) in [5, 5.41) is 1.31. The molecule has 1 heterocycles. The molecule has 1 aromatic rings. The fraction of sp³-hybridized carbons (Fsp3) is 0.455. The molecule has 1 saturated heterocycles. The van der Waals surface area contributed by atoms with Crippen LogP contribution in [0.25, 0.3) is 0 Å². The number of benzene rings is 1. The lowest BCUT2D eigenvalue weighted by Crippen LogP contribution is -2.46. The number of hydrogen-bond acceptors (Lipinski definition) is 1. The summed E-state index contributed by atoms with van der Waals surface area (Å²) in [6.45, 7) is 2.89. The van der Waals surface area contributed by atoms with Crippen molar-refractivity contribution < 1.29 is 4.39 Å². The van der Waals surface area contributed by atoms with Crippen LogP contribution >= 0.6 is 27.5 Å². The van der Waals surface area contributed by atoms with Gasteiger partial charge in [-0.05, 0) is 17.5 Å². The summed E-state index contributed by atoms with van der Waals surface area (Å²) < 4.78 is 13.1. The van der Waals surface area contributed by atoms with Crippen molar-refractivity contribution in [3.05, 3.63) is 34.6 Å². The van der Waals surface area contributed by atoms with Crippen LogP contribution in [0.5, 0.6) is 0 Å². The van der Waals surface area contributed by atoms with Crippen LogP contribution in [0.2, 0.25) is 5.02 Å². The molecule has 0 aromatic heterocycles. The summed E-state index contributed by atoms with van der Waals surface area (Å²) >= 11 is 9.33. The van der Waals surface area contributed by atoms with Crippen molar-refractivity contribution in [3.8, 4) is 0 Å². The van der Waals surface area contributed by atoms with Crippen LogP contribution in [-0.2, 0) is 6.54 Å². The van der Waals surface area contributed by atoms with Gasteiger partial charge in [-0.25, -0.2) is 4.39 Å². The molecule has 0 bridgehead atoms. The Balaban J connectivity index is 1.97. The van der Waals surface area contributed by atoms with E-state index in [0.717, 1.165) is 36.4 Å². The molecule has 0 spiro atoms. The quantitative estimate of drug-likeness (QED) is 0.773. The number of rotatable bonds is 3. The summed E-state index contributed by atoms with van der Waals surface area (Å²) in [6, 6.07) is 4.98. The maximum absolute atomic E-state index is 13.1. The minimum atomic E-state index is -0.327. The highest BCUT2D eigenvalue weighted by atomic mass is 79.9. The fourth-order valence-electron chi connectivity index (χ4n) is 1.81. The summed E-state index contributed by atoms with van der Waals surface area (Å²) in [5.74, 6) is 0.407. The second-order valence-electron chi connectivity index (χ2n) is 3.93. The van der Waals surface area contributed by atoms with Gasteiger partial charge in [-0.3, -0.25) is 4.90 Å². The Bertz CT molecular complexity index is 352. The molecule has 1 aliphatic heterocycles. The highest BCUT2D eigenvalue weighted by Crippen LogP contribution is 2.25. The zero-order valence-corrected chi connectivity index (χ0v) is 10.6. The summed E-state index contributed by atoms with van der Waals surface area (Å²) in [7, 11) is 0. The zero-order valence-electron chi connectivity index (χ0n) is 8.22. The topological polar surface area (TPSA) is 3.24 Å². The maximum atomic E-state index is 13.1. The molecule has 0 aliphatic carbocycles. The van der Waals surface area contributed by atoms with E-state index in [1.54, 1.807) is 6.07 Å². The van der Waals surface area contributed by atoms with Crippen LogP contribution in [-0.4, -0.2) is 23.3 Å². The first-order valence-corrected chi connectivity index (χ1v) is 6.42. The number of halogens is 3. The van der Waals surface area contributed by atoms with E-state index in [1.165, 1.54) is 6.07 Å². The SMILES string of the molecule is Fc1cccc(CN2CC(CBr)C2)c1Cl. The molecule has 1 aromatic carbocycles. The molecule has 0 radical (unpaired) electrons. The molecule has 0 atom stereocenters. The average molecular weight is 293 g/mol. The Morgan fingerprint density at radius 2 is 2.20 bits per heavy atom. The predicted molar refractivity (Wildman–Crippen MR) is 64.0 cm³/mol. The lowest BCUT2D eigenvalue weighted by Gasteiger charge is -2.38. The smallest absolute Gasteiger partial charge is 0.142 e. The van der Waals surface area contributed by atoms with Gasteiger partial charge in [-0.2, -0.15) is 0 Å². The lowest BCUT2D eigenvalue weighted by atomic mass is 10.0. The summed E-state index contributed by atoms with van der Waals surface area (Å²) in [5.41, 5.74) is 0.879. The normalized spacial score (nSPS) is 17.8. The van der Waals surface area contributed by atoms with Gasteiger partial charge in [0.2, 0.25) is 0 Å². The van der Waals surface area contributed by atoms with E-state index in [1.807, 2.05) is 6.07 Å². The van der Waals surface area contributed by atoms with E-state index >= 15 is 0 Å². The molecule has 2 rings (SSSR count). The molecule has 0 amide bonds. The van der Waals surface area contributed by atoms with Gasteiger partial charge in [0.25, 0.3) is 0 Å². The van der Waals surface area contributed by atoms with Crippen molar-refractivity contribution in [3.63, 3.8) is 0 Å². The Morgan fingerprint density at radius 1 is 1.47 bits per heavy atom. The summed E-state index contributed by atoms with van der Waals surface area (Å²) in [4.78, 5) is 2.27. The Labute approximate surface area is 102 Å². The van der Waals surface area contributed by atoms with E-state index in [9.17, 15) is 4.39 Å². The second-order valence-corrected chi connectivity index (χ2v) is 4.95. The highest BCUT2D eigenvalue weighted by Gasteiger charge is 2.25. The van der Waals surface area contributed by atoms with Gasteiger partial charge >= 0.3 is 0 Å². The molecule has 1 aliphatic rings. The van der Waals surface area contributed by atoms with E-state index < -0.39 is 0 Å². The van der Waals surface area contributed by atoms with Gasteiger partial charge in [-0.15, -0.1) is 0 Å². The van der Waals surface area contributed by atoms with Crippen molar-refractivity contribution in [2.24, 2.45) is 5.92 Å². The van der Waals surface area contributed by atoms with Crippen molar-refractivity contribution in [1.29, 1.82) is 0 Å². The van der Waals surface area contributed by atoms with Crippen molar-refractivity contribution in [2.75, 3.05) is 18.4 Å².